The summed E-state index contributed by atoms with van der Waals surface area (Å²) in [6.45, 7) is 4.65. The largest absolute Gasteiger partial charge is 0.332 e. The molecule has 2 aliphatic rings. The molecule has 0 aromatic heterocycles. The summed E-state index contributed by atoms with van der Waals surface area (Å²) in [6.07, 6.45) is 8.17. The number of amides is 1. The van der Waals surface area contributed by atoms with Crippen molar-refractivity contribution in [1.82, 2.24) is 4.90 Å². The van der Waals surface area contributed by atoms with Crippen molar-refractivity contribution in [3.63, 3.8) is 0 Å². The van der Waals surface area contributed by atoms with Crippen molar-refractivity contribution < 1.29 is 9.72 Å². The Morgan fingerprint density at radius 2 is 2.04 bits per heavy atom. The minimum absolute atomic E-state index is 0.106. The van der Waals surface area contributed by atoms with Crippen LogP contribution < -0.4 is 0 Å². The number of hydrogen-bond donors (Lipinski definition) is 0. The second-order valence-corrected chi connectivity index (χ2v) is 6.53. The molecule has 23 heavy (non-hydrogen) atoms. The number of para-hydroxylation sites is 1. The fraction of sp³-hybridized carbons (Fsp3) is 0.500. The Bertz CT molecular complexity index is 643. The van der Waals surface area contributed by atoms with E-state index in [4.69, 9.17) is 0 Å². The summed E-state index contributed by atoms with van der Waals surface area (Å²) in [5, 5.41) is 11.2. The summed E-state index contributed by atoms with van der Waals surface area (Å²) in [7, 11) is 0. The smallest absolute Gasteiger partial charge is 0.282 e. The van der Waals surface area contributed by atoms with Crippen LogP contribution in [0.5, 0.6) is 0 Å². The van der Waals surface area contributed by atoms with Gasteiger partial charge in [-0.05, 0) is 37.7 Å². The SMILES string of the molecule is C=C[C@@H]1CCCC[C@]12CCCN2C(=O)c1ccccc1[N+](=O)[O-]. The summed E-state index contributed by atoms with van der Waals surface area (Å²) in [4.78, 5) is 25.8. The van der Waals surface area contributed by atoms with Crippen LogP contribution in [0.4, 0.5) is 5.69 Å². The van der Waals surface area contributed by atoms with Crippen molar-refractivity contribution in [3.8, 4) is 0 Å². The fourth-order valence-electron chi connectivity index (χ4n) is 4.40. The van der Waals surface area contributed by atoms with E-state index in [1.54, 1.807) is 18.2 Å². The molecular weight excluding hydrogens is 292 g/mol. The summed E-state index contributed by atoms with van der Waals surface area (Å²) in [6, 6.07) is 6.26. The minimum Gasteiger partial charge on any atom is -0.332 e. The van der Waals surface area contributed by atoms with Gasteiger partial charge in [-0.2, -0.15) is 0 Å². The number of rotatable bonds is 3. The van der Waals surface area contributed by atoms with Crippen molar-refractivity contribution >= 4 is 11.6 Å². The van der Waals surface area contributed by atoms with Crippen LogP contribution in [0.1, 0.15) is 48.9 Å². The summed E-state index contributed by atoms with van der Waals surface area (Å²) < 4.78 is 0. The molecule has 1 amide bonds. The topological polar surface area (TPSA) is 63.5 Å². The maximum atomic E-state index is 13.1. The van der Waals surface area contributed by atoms with Gasteiger partial charge in [0.05, 0.1) is 4.92 Å². The van der Waals surface area contributed by atoms with E-state index in [0.29, 0.717) is 6.54 Å². The van der Waals surface area contributed by atoms with E-state index >= 15 is 0 Å². The molecule has 0 bridgehead atoms. The number of nitrogens with zero attached hydrogens (tertiary/aromatic N) is 2. The number of carbonyl (C=O) groups is 1. The average molecular weight is 314 g/mol. The van der Waals surface area contributed by atoms with Gasteiger partial charge in [0.25, 0.3) is 11.6 Å². The summed E-state index contributed by atoms with van der Waals surface area (Å²) in [5.74, 6) is 0.0778. The average Bonchev–Trinajstić information content (AvgIpc) is 2.98. The molecular formula is C18H22N2O3. The van der Waals surface area contributed by atoms with Gasteiger partial charge in [0, 0.05) is 18.2 Å². The number of nitro benzene ring substituents is 1. The first-order valence-corrected chi connectivity index (χ1v) is 8.28. The Kier molecular flexibility index (Phi) is 4.20. The molecule has 0 unspecified atom stereocenters. The first-order valence-electron chi connectivity index (χ1n) is 8.28. The molecule has 5 nitrogen and oxygen atoms in total. The Morgan fingerprint density at radius 3 is 2.78 bits per heavy atom. The Morgan fingerprint density at radius 1 is 1.30 bits per heavy atom. The van der Waals surface area contributed by atoms with Crippen molar-refractivity contribution in [3.05, 3.63) is 52.6 Å². The molecule has 1 aliphatic heterocycles. The Balaban J connectivity index is 1.98. The quantitative estimate of drug-likeness (QED) is 0.482. The van der Waals surface area contributed by atoms with E-state index in [9.17, 15) is 14.9 Å². The molecule has 3 rings (SSSR count). The highest BCUT2D eigenvalue weighted by Crippen LogP contribution is 2.46. The predicted molar refractivity (Wildman–Crippen MR) is 88.3 cm³/mol. The molecule has 0 N–H and O–H groups in total. The van der Waals surface area contributed by atoms with Crippen molar-refractivity contribution in [2.45, 2.75) is 44.1 Å². The van der Waals surface area contributed by atoms with E-state index in [1.165, 1.54) is 6.07 Å². The molecule has 5 heteroatoms. The maximum absolute atomic E-state index is 13.1. The van der Waals surface area contributed by atoms with Gasteiger partial charge >= 0.3 is 0 Å². The lowest BCUT2D eigenvalue weighted by Crippen LogP contribution is -2.53. The first kappa shape index (κ1) is 15.7. The van der Waals surface area contributed by atoms with Gasteiger partial charge in [-0.15, -0.1) is 6.58 Å². The molecule has 1 spiro atoms. The predicted octanol–water partition coefficient (Wildman–Crippen LogP) is 3.95. The maximum Gasteiger partial charge on any atom is 0.282 e. The van der Waals surface area contributed by atoms with E-state index in [2.05, 4.69) is 6.58 Å². The highest BCUT2D eigenvalue weighted by Gasteiger charge is 2.49. The second-order valence-electron chi connectivity index (χ2n) is 6.53. The molecule has 1 aliphatic carbocycles. The Labute approximate surface area is 136 Å². The van der Waals surface area contributed by atoms with Gasteiger partial charge in [0.2, 0.25) is 0 Å². The lowest BCUT2D eigenvalue weighted by atomic mass is 9.71. The van der Waals surface area contributed by atoms with Crippen LogP contribution in [0.25, 0.3) is 0 Å². The van der Waals surface area contributed by atoms with E-state index in [1.807, 2.05) is 11.0 Å². The molecule has 1 heterocycles. The van der Waals surface area contributed by atoms with Gasteiger partial charge in [-0.25, -0.2) is 0 Å². The first-order chi connectivity index (χ1) is 11.1. The molecule has 1 aromatic rings. The molecule has 122 valence electrons. The summed E-state index contributed by atoms with van der Waals surface area (Å²) >= 11 is 0. The van der Waals surface area contributed by atoms with E-state index < -0.39 is 4.92 Å². The second kappa shape index (κ2) is 6.14. The van der Waals surface area contributed by atoms with Gasteiger partial charge < -0.3 is 4.90 Å². The van der Waals surface area contributed by atoms with Crippen LogP contribution in [0.15, 0.2) is 36.9 Å². The monoisotopic (exact) mass is 314 g/mol. The van der Waals surface area contributed by atoms with Gasteiger partial charge in [0.15, 0.2) is 0 Å². The zero-order valence-electron chi connectivity index (χ0n) is 13.2. The lowest BCUT2D eigenvalue weighted by Gasteiger charge is -2.46. The van der Waals surface area contributed by atoms with E-state index in [-0.39, 0.29) is 28.6 Å². The zero-order valence-corrected chi connectivity index (χ0v) is 13.2. The van der Waals surface area contributed by atoms with Crippen LogP contribution in [0.2, 0.25) is 0 Å². The van der Waals surface area contributed by atoms with Gasteiger partial charge in [-0.3, -0.25) is 14.9 Å². The number of hydrogen-bond acceptors (Lipinski definition) is 3. The highest BCUT2D eigenvalue weighted by atomic mass is 16.6. The normalized spacial score (nSPS) is 27.1. The molecule has 1 saturated carbocycles. The van der Waals surface area contributed by atoms with Crippen LogP contribution in [0, 0.1) is 16.0 Å². The fourth-order valence-corrected chi connectivity index (χ4v) is 4.40. The third kappa shape index (κ3) is 2.54. The Hall–Kier alpha value is -2.17. The third-order valence-electron chi connectivity index (χ3n) is 5.45. The molecule has 2 atom stereocenters. The highest BCUT2D eigenvalue weighted by molar-refractivity contribution is 5.98. The zero-order chi connectivity index (χ0) is 16.4. The number of carbonyl (C=O) groups excluding carboxylic acids is 1. The molecule has 1 aromatic carbocycles. The van der Waals surface area contributed by atoms with Gasteiger partial charge in [-0.1, -0.05) is 31.1 Å². The van der Waals surface area contributed by atoms with Gasteiger partial charge in [0.1, 0.15) is 5.56 Å². The third-order valence-corrected chi connectivity index (χ3v) is 5.45. The van der Waals surface area contributed by atoms with Crippen LogP contribution in [0.3, 0.4) is 0 Å². The van der Waals surface area contributed by atoms with Crippen LogP contribution in [-0.2, 0) is 0 Å². The lowest BCUT2D eigenvalue weighted by molar-refractivity contribution is -0.385. The number of nitro groups is 1. The molecule has 0 radical (unpaired) electrons. The van der Waals surface area contributed by atoms with Crippen molar-refractivity contribution in [2.75, 3.05) is 6.54 Å². The van der Waals surface area contributed by atoms with Crippen LogP contribution in [-0.4, -0.2) is 27.8 Å². The van der Waals surface area contributed by atoms with Crippen LogP contribution >= 0.6 is 0 Å². The number of likely N-dealkylation sites (tertiary alicyclic amines) is 1. The van der Waals surface area contributed by atoms with Crippen molar-refractivity contribution in [1.29, 1.82) is 0 Å². The standard InChI is InChI=1S/C18H22N2O3/c1-2-14-8-5-6-11-18(14)12-7-13-19(18)17(21)15-9-3-4-10-16(15)20(22)23/h2-4,9-10,14H,1,5-8,11-13H2/t14-,18+/m1/s1. The minimum atomic E-state index is -0.470. The molecule has 1 saturated heterocycles. The van der Waals surface area contributed by atoms with Crippen molar-refractivity contribution in [2.24, 2.45) is 5.92 Å². The van der Waals surface area contributed by atoms with E-state index in [0.717, 1.165) is 38.5 Å². The summed E-state index contributed by atoms with van der Waals surface area (Å²) in [5.41, 5.74) is -0.0986. The number of benzene rings is 1. The molecule has 2 fully saturated rings.